The molecule has 156 valence electrons. The molecule has 0 aliphatic rings. The summed E-state index contributed by atoms with van der Waals surface area (Å²) >= 11 is 2.80. The second kappa shape index (κ2) is 9.54. The molecule has 31 heavy (non-hydrogen) atoms. The quantitative estimate of drug-likeness (QED) is 0.175. The highest BCUT2D eigenvalue weighted by molar-refractivity contribution is 8.00. The number of amides is 1. The third-order valence-electron chi connectivity index (χ3n) is 4.30. The normalized spacial score (nSPS) is 10.7. The first-order valence-electron chi connectivity index (χ1n) is 9.19. The maximum absolute atomic E-state index is 12.1. The number of thioether (sulfide) groups is 1. The molecule has 0 aliphatic heterocycles. The SMILES string of the molecule is O=C(COc1ccccc1[N+](=O)[O-])Nc1nnc(SCc2cccc3ccccc23)s1. The molecule has 0 unspecified atom stereocenters. The number of ether oxygens (including phenoxy) is 1. The molecule has 0 radical (unpaired) electrons. The van der Waals surface area contributed by atoms with Crippen molar-refractivity contribution in [2.45, 2.75) is 10.1 Å². The Morgan fingerprint density at radius 1 is 1.06 bits per heavy atom. The third-order valence-corrected chi connectivity index (χ3v) is 6.33. The molecule has 0 atom stereocenters. The standard InChI is InChI=1S/C21H16N4O4S2/c26-19(12-29-18-11-4-3-10-17(18)25(27)28)22-20-23-24-21(31-20)30-13-15-8-5-7-14-6-1-2-9-16(14)15/h1-11H,12-13H2,(H,22,23,26). The summed E-state index contributed by atoms with van der Waals surface area (Å²) in [4.78, 5) is 22.6. The van der Waals surface area contributed by atoms with Crippen LogP contribution in [-0.4, -0.2) is 27.6 Å². The molecule has 1 amide bonds. The molecule has 10 heteroatoms. The molecule has 1 aromatic heterocycles. The minimum Gasteiger partial charge on any atom is -0.477 e. The van der Waals surface area contributed by atoms with E-state index < -0.39 is 10.8 Å². The van der Waals surface area contributed by atoms with Crippen molar-refractivity contribution in [2.75, 3.05) is 11.9 Å². The van der Waals surface area contributed by atoms with Crippen LogP contribution in [0.3, 0.4) is 0 Å². The van der Waals surface area contributed by atoms with E-state index >= 15 is 0 Å². The average molecular weight is 453 g/mol. The molecule has 0 aliphatic carbocycles. The number of carbonyl (C=O) groups is 1. The van der Waals surface area contributed by atoms with Crippen molar-refractivity contribution in [2.24, 2.45) is 0 Å². The molecule has 4 rings (SSSR count). The van der Waals surface area contributed by atoms with Gasteiger partial charge in [-0.3, -0.25) is 20.2 Å². The Balaban J connectivity index is 1.33. The number of para-hydroxylation sites is 2. The van der Waals surface area contributed by atoms with E-state index in [0.29, 0.717) is 5.13 Å². The molecule has 0 fully saturated rings. The number of nitro groups is 1. The molecule has 0 saturated heterocycles. The van der Waals surface area contributed by atoms with Gasteiger partial charge in [0.25, 0.3) is 5.91 Å². The van der Waals surface area contributed by atoms with Crippen LogP contribution in [0.15, 0.2) is 71.1 Å². The molecular formula is C21H16N4O4S2. The fourth-order valence-electron chi connectivity index (χ4n) is 2.91. The Morgan fingerprint density at radius 3 is 2.71 bits per heavy atom. The number of nitro benzene ring substituents is 1. The monoisotopic (exact) mass is 452 g/mol. The minimum absolute atomic E-state index is 0.0336. The first kappa shape index (κ1) is 20.8. The van der Waals surface area contributed by atoms with Crippen molar-refractivity contribution in [3.8, 4) is 5.75 Å². The van der Waals surface area contributed by atoms with Gasteiger partial charge in [0.05, 0.1) is 4.92 Å². The fourth-order valence-corrected chi connectivity index (χ4v) is 4.68. The Hall–Kier alpha value is -3.50. The average Bonchev–Trinajstić information content (AvgIpc) is 3.23. The molecule has 0 saturated carbocycles. The molecule has 4 aromatic rings. The van der Waals surface area contributed by atoms with E-state index in [1.807, 2.05) is 18.2 Å². The Bertz CT molecular complexity index is 1240. The lowest BCUT2D eigenvalue weighted by molar-refractivity contribution is -0.385. The van der Waals surface area contributed by atoms with Crippen LogP contribution >= 0.6 is 23.1 Å². The zero-order chi connectivity index (χ0) is 21.6. The van der Waals surface area contributed by atoms with Gasteiger partial charge in [-0.05, 0) is 22.4 Å². The summed E-state index contributed by atoms with van der Waals surface area (Å²) in [6.45, 7) is -0.372. The molecule has 0 spiro atoms. The summed E-state index contributed by atoms with van der Waals surface area (Å²) in [5.74, 6) is 0.288. The lowest BCUT2D eigenvalue weighted by Gasteiger charge is -2.05. The van der Waals surface area contributed by atoms with Crippen LogP contribution in [0, 0.1) is 10.1 Å². The van der Waals surface area contributed by atoms with E-state index in [4.69, 9.17) is 4.74 Å². The van der Waals surface area contributed by atoms with Crippen molar-refractivity contribution < 1.29 is 14.5 Å². The number of aromatic nitrogens is 2. The highest BCUT2D eigenvalue weighted by Gasteiger charge is 2.16. The van der Waals surface area contributed by atoms with Gasteiger partial charge in [0.15, 0.2) is 16.7 Å². The van der Waals surface area contributed by atoms with Gasteiger partial charge in [-0.15, -0.1) is 10.2 Å². The van der Waals surface area contributed by atoms with Crippen molar-refractivity contribution in [1.29, 1.82) is 0 Å². The largest absolute Gasteiger partial charge is 0.477 e. The van der Waals surface area contributed by atoms with Crippen LogP contribution in [0.1, 0.15) is 5.56 Å². The lowest BCUT2D eigenvalue weighted by Crippen LogP contribution is -2.20. The summed E-state index contributed by atoms with van der Waals surface area (Å²) in [5, 5.41) is 24.4. The summed E-state index contributed by atoms with van der Waals surface area (Å²) < 4.78 is 6.01. The minimum atomic E-state index is -0.558. The molecule has 3 aromatic carbocycles. The van der Waals surface area contributed by atoms with Gasteiger partial charge >= 0.3 is 5.69 Å². The number of carbonyl (C=O) groups excluding carboxylic acids is 1. The summed E-state index contributed by atoms with van der Waals surface area (Å²) in [6, 6.07) is 20.3. The lowest BCUT2D eigenvalue weighted by atomic mass is 10.1. The van der Waals surface area contributed by atoms with Gasteiger partial charge in [-0.1, -0.05) is 77.7 Å². The zero-order valence-electron chi connectivity index (χ0n) is 16.1. The van der Waals surface area contributed by atoms with E-state index in [9.17, 15) is 14.9 Å². The number of benzene rings is 3. The van der Waals surface area contributed by atoms with Crippen LogP contribution in [-0.2, 0) is 10.5 Å². The number of rotatable bonds is 8. The van der Waals surface area contributed by atoms with Crippen molar-refractivity contribution in [1.82, 2.24) is 10.2 Å². The van der Waals surface area contributed by atoms with Gasteiger partial charge in [0.1, 0.15) is 0 Å². The number of nitrogens with zero attached hydrogens (tertiary/aromatic N) is 3. The van der Waals surface area contributed by atoms with Crippen LogP contribution in [0.25, 0.3) is 10.8 Å². The summed E-state index contributed by atoms with van der Waals surface area (Å²) in [7, 11) is 0. The molecule has 1 N–H and O–H groups in total. The topological polar surface area (TPSA) is 107 Å². The van der Waals surface area contributed by atoms with E-state index in [1.54, 1.807) is 6.07 Å². The number of hydrogen-bond acceptors (Lipinski definition) is 8. The first-order valence-corrected chi connectivity index (χ1v) is 11.0. The van der Waals surface area contributed by atoms with E-state index in [2.05, 4.69) is 39.8 Å². The predicted octanol–water partition coefficient (Wildman–Crippen LogP) is 4.91. The molecule has 8 nitrogen and oxygen atoms in total. The number of anilines is 1. The van der Waals surface area contributed by atoms with Crippen LogP contribution < -0.4 is 10.1 Å². The maximum atomic E-state index is 12.1. The second-order valence-electron chi connectivity index (χ2n) is 6.36. The van der Waals surface area contributed by atoms with Crippen molar-refractivity contribution in [3.05, 3.63) is 82.4 Å². The van der Waals surface area contributed by atoms with E-state index in [0.717, 1.165) is 10.1 Å². The molecular weight excluding hydrogens is 436 g/mol. The smallest absolute Gasteiger partial charge is 0.310 e. The van der Waals surface area contributed by atoms with E-state index in [1.165, 1.54) is 57.6 Å². The molecule has 0 bridgehead atoms. The van der Waals surface area contributed by atoms with Crippen LogP contribution in [0.2, 0.25) is 0 Å². The predicted molar refractivity (Wildman–Crippen MR) is 121 cm³/mol. The van der Waals surface area contributed by atoms with Gasteiger partial charge < -0.3 is 4.74 Å². The van der Waals surface area contributed by atoms with Gasteiger partial charge in [0.2, 0.25) is 5.13 Å². The van der Waals surface area contributed by atoms with Gasteiger partial charge in [0, 0.05) is 11.8 Å². The third kappa shape index (κ3) is 5.16. The summed E-state index contributed by atoms with van der Waals surface area (Å²) in [5.41, 5.74) is 1.00. The van der Waals surface area contributed by atoms with Crippen LogP contribution in [0.4, 0.5) is 10.8 Å². The number of fused-ring (bicyclic) bond motifs is 1. The van der Waals surface area contributed by atoms with Crippen molar-refractivity contribution >= 4 is 50.6 Å². The van der Waals surface area contributed by atoms with E-state index in [-0.39, 0.29) is 18.0 Å². The van der Waals surface area contributed by atoms with Crippen molar-refractivity contribution in [3.63, 3.8) is 0 Å². The zero-order valence-corrected chi connectivity index (χ0v) is 17.7. The highest BCUT2D eigenvalue weighted by atomic mass is 32.2. The maximum Gasteiger partial charge on any atom is 0.310 e. The Labute approximate surface area is 185 Å². The Kier molecular flexibility index (Phi) is 6.39. The van der Waals surface area contributed by atoms with Crippen LogP contribution in [0.5, 0.6) is 5.75 Å². The highest BCUT2D eigenvalue weighted by Crippen LogP contribution is 2.31. The Morgan fingerprint density at radius 2 is 1.84 bits per heavy atom. The second-order valence-corrected chi connectivity index (χ2v) is 8.56. The fraction of sp³-hybridized carbons (Fsp3) is 0.0952. The number of hydrogen-bond donors (Lipinski definition) is 1. The first-order chi connectivity index (χ1) is 15.1. The summed E-state index contributed by atoms with van der Waals surface area (Å²) in [6.07, 6.45) is 0. The molecule has 1 heterocycles. The number of nitrogens with one attached hydrogen (secondary N) is 1. The van der Waals surface area contributed by atoms with Gasteiger partial charge in [-0.25, -0.2) is 0 Å². The van der Waals surface area contributed by atoms with Gasteiger partial charge in [-0.2, -0.15) is 0 Å².